The number of halogens is 4. The molecule has 1 aromatic carbocycles. The van der Waals surface area contributed by atoms with E-state index in [2.05, 4.69) is 15.4 Å². The smallest absolute Gasteiger partial charge is 0.416 e. The number of amides is 2. The minimum atomic E-state index is -4.61. The molecule has 2 fully saturated rings. The van der Waals surface area contributed by atoms with Gasteiger partial charge in [0, 0.05) is 32.4 Å². The molecule has 0 spiro atoms. The summed E-state index contributed by atoms with van der Waals surface area (Å²) in [4.78, 5) is 53.1. The van der Waals surface area contributed by atoms with Gasteiger partial charge in [-0.05, 0) is 73.4 Å². The largest absolute Gasteiger partial charge is 0.505 e. The van der Waals surface area contributed by atoms with Crippen molar-refractivity contribution in [3.05, 3.63) is 80.8 Å². The Balaban J connectivity index is 1.23. The Morgan fingerprint density at radius 2 is 1.88 bits per heavy atom. The average molecular weight is 727 g/mol. The molecule has 0 radical (unpaired) electrons. The Labute approximate surface area is 294 Å². The maximum Gasteiger partial charge on any atom is 0.416 e. The highest BCUT2D eigenvalue weighted by Gasteiger charge is 2.38. The van der Waals surface area contributed by atoms with Crippen molar-refractivity contribution in [2.75, 3.05) is 36.4 Å². The van der Waals surface area contributed by atoms with E-state index in [1.54, 1.807) is 4.57 Å². The quantitative estimate of drug-likeness (QED) is 0.256. The minimum absolute atomic E-state index is 0.0169. The average Bonchev–Trinajstić information content (AvgIpc) is 3.80. The van der Waals surface area contributed by atoms with E-state index in [0.29, 0.717) is 37.2 Å². The molecule has 13 nitrogen and oxygen atoms in total. The van der Waals surface area contributed by atoms with E-state index in [1.165, 1.54) is 23.2 Å². The first-order chi connectivity index (χ1) is 24.3. The maximum absolute atomic E-state index is 14.3. The fourth-order valence-corrected chi connectivity index (χ4v) is 7.60. The summed E-state index contributed by atoms with van der Waals surface area (Å²) in [5.74, 6) is -0.439. The van der Waals surface area contributed by atoms with Gasteiger partial charge in [-0.3, -0.25) is 14.4 Å². The zero-order valence-corrected chi connectivity index (χ0v) is 28.2. The Bertz CT molecular complexity index is 2120. The summed E-state index contributed by atoms with van der Waals surface area (Å²) >= 11 is 6.13. The third-order valence-corrected chi connectivity index (χ3v) is 10.1. The van der Waals surface area contributed by atoms with E-state index in [1.807, 2.05) is 17.9 Å². The molecule has 3 atom stereocenters. The number of aromatic hydroxyl groups is 1. The first-order valence-electron chi connectivity index (χ1n) is 16.6. The van der Waals surface area contributed by atoms with Crippen LogP contribution in [0.25, 0.3) is 11.4 Å². The number of anilines is 2. The van der Waals surface area contributed by atoms with Gasteiger partial charge < -0.3 is 29.9 Å². The second kappa shape index (κ2) is 13.3. The highest BCUT2D eigenvalue weighted by molar-refractivity contribution is 6.33. The number of aromatic nitrogens is 5. The Morgan fingerprint density at radius 1 is 1.12 bits per heavy atom. The molecule has 4 heterocycles. The van der Waals surface area contributed by atoms with E-state index in [4.69, 9.17) is 16.6 Å². The molecule has 3 aromatic heterocycles. The predicted molar refractivity (Wildman–Crippen MR) is 181 cm³/mol. The third kappa shape index (κ3) is 6.53. The molecule has 3 N–H and O–H groups in total. The van der Waals surface area contributed by atoms with Gasteiger partial charge in [0.15, 0.2) is 11.5 Å². The van der Waals surface area contributed by atoms with Gasteiger partial charge in [-0.15, -0.1) is 5.10 Å². The van der Waals surface area contributed by atoms with Crippen molar-refractivity contribution in [1.82, 2.24) is 29.0 Å². The van der Waals surface area contributed by atoms with E-state index in [-0.39, 0.29) is 84.3 Å². The van der Waals surface area contributed by atoms with Gasteiger partial charge in [-0.2, -0.15) is 22.7 Å². The molecule has 2 amide bonds. The van der Waals surface area contributed by atoms with Crippen LogP contribution in [0.3, 0.4) is 0 Å². The molecule has 3 aliphatic rings. The van der Waals surface area contributed by atoms with Crippen LogP contribution in [-0.4, -0.2) is 83.4 Å². The number of alkyl halides is 3. The van der Waals surface area contributed by atoms with Gasteiger partial charge in [0.05, 0.1) is 28.1 Å². The van der Waals surface area contributed by atoms with Crippen LogP contribution in [0.4, 0.5) is 24.5 Å². The zero-order valence-electron chi connectivity index (χ0n) is 27.4. The lowest BCUT2D eigenvalue weighted by Crippen LogP contribution is -2.51. The number of allylic oxidation sites excluding steroid dienone is 2. The second-order valence-electron chi connectivity index (χ2n) is 13.0. The number of pyridine rings is 1. The molecule has 1 saturated carbocycles. The number of nitrogens with zero attached hydrogens (tertiary/aromatic N) is 7. The maximum atomic E-state index is 14.3. The molecule has 268 valence electrons. The summed E-state index contributed by atoms with van der Waals surface area (Å²) in [6.45, 7) is 2.38. The molecular formula is C34H34ClF3N8O5. The van der Waals surface area contributed by atoms with Crippen molar-refractivity contribution < 1.29 is 33.0 Å². The summed E-state index contributed by atoms with van der Waals surface area (Å²) in [7, 11) is 0. The van der Waals surface area contributed by atoms with Gasteiger partial charge in [-0.1, -0.05) is 24.6 Å². The molecule has 2 aliphatic carbocycles. The number of fused-ring (bicyclic) bond motifs is 2. The molecule has 0 bridgehead atoms. The first-order valence-corrected chi connectivity index (χ1v) is 17.0. The number of carbonyl (C=O) groups is 2. The van der Waals surface area contributed by atoms with Crippen LogP contribution >= 0.6 is 11.6 Å². The lowest BCUT2D eigenvalue weighted by molar-refractivity contribution is -0.137. The fraction of sp³-hybridized carbons (Fsp3) is 0.412. The summed E-state index contributed by atoms with van der Waals surface area (Å²) in [6.07, 6.45) is 0.714. The van der Waals surface area contributed by atoms with E-state index in [0.717, 1.165) is 28.3 Å². The van der Waals surface area contributed by atoms with Crippen molar-refractivity contribution in [2.24, 2.45) is 11.8 Å². The molecule has 7 rings (SSSR count). The topological polar surface area (TPSA) is 158 Å². The number of nitrogens with one attached hydrogen (secondary N) is 1. The van der Waals surface area contributed by atoms with Gasteiger partial charge in [0.2, 0.25) is 11.7 Å². The van der Waals surface area contributed by atoms with Crippen LogP contribution in [0.15, 0.2) is 47.4 Å². The molecular weight excluding hydrogens is 693 g/mol. The SMILES string of the molecule is CCc1c(N2CCN(C(=O)c3ncccc3O)CC2)c(=O)n2nc(C3=CC4CC(O)CC4C3)nc2n1CC(=O)Nc1ccc(C(F)(F)F)cc1Cl. The minimum Gasteiger partial charge on any atom is -0.505 e. The van der Waals surface area contributed by atoms with Crippen LogP contribution < -0.4 is 15.8 Å². The fourth-order valence-electron chi connectivity index (χ4n) is 7.38. The van der Waals surface area contributed by atoms with Crippen LogP contribution in [0.2, 0.25) is 5.02 Å². The van der Waals surface area contributed by atoms with Gasteiger partial charge in [-0.25, -0.2) is 4.98 Å². The molecule has 17 heteroatoms. The van der Waals surface area contributed by atoms with Crippen molar-refractivity contribution >= 4 is 46.1 Å². The van der Waals surface area contributed by atoms with Crippen LogP contribution in [0, 0.1) is 11.8 Å². The third-order valence-electron chi connectivity index (χ3n) is 9.81. The van der Waals surface area contributed by atoms with Gasteiger partial charge in [0.25, 0.3) is 11.5 Å². The van der Waals surface area contributed by atoms with Crippen LogP contribution in [0.5, 0.6) is 5.75 Å². The van der Waals surface area contributed by atoms with Crippen molar-refractivity contribution in [1.29, 1.82) is 0 Å². The van der Waals surface area contributed by atoms with Gasteiger partial charge >= 0.3 is 6.18 Å². The van der Waals surface area contributed by atoms with E-state index >= 15 is 0 Å². The predicted octanol–water partition coefficient (Wildman–Crippen LogP) is 4.00. The monoisotopic (exact) mass is 726 g/mol. The zero-order chi connectivity index (χ0) is 36.2. The number of hydrogen-bond donors (Lipinski definition) is 3. The number of benzene rings is 1. The number of hydrogen-bond acceptors (Lipinski definition) is 9. The number of carbonyl (C=O) groups excluding carboxylic acids is 2. The summed E-state index contributed by atoms with van der Waals surface area (Å²) in [5, 5.41) is 27.2. The lowest BCUT2D eigenvalue weighted by Gasteiger charge is -2.36. The molecule has 3 unspecified atom stereocenters. The van der Waals surface area contributed by atoms with Gasteiger partial charge in [0.1, 0.15) is 18.0 Å². The number of rotatable bonds is 7. The number of aliphatic hydroxyl groups excluding tert-OH is 1. The van der Waals surface area contributed by atoms with Crippen molar-refractivity contribution in [2.45, 2.75) is 51.4 Å². The summed E-state index contributed by atoms with van der Waals surface area (Å²) < 4.78 is 42.4. The Kier molecular flexibility index (Phi) is 8.99. The standard InChI is InChI=1S/C34H34ClF3N8O5/c1-2-25-29(43-8-10-44(11-9-43)31(50)28-26(48)4-3-7-39-28)32(51)46-33(41-30(42-46)20-12-18-14-22(47)15-19(18)13-20)45(25)17-27(49)40-24-6-5-21(16-23(24)35)34(36,37)38/h3-7,12,16,18-19,22,47-48H,2,8-11,13-15,17H2,1H3,(H,40,49). The van der Waals surface area contributed by atoms with E-state index < -0.39 is 29.1 Å². The Morgan fingerprint density at radius 3 is 2.55 bits per heavy atom. The van der Waals surface area contributed by atoms with Crippen LogP contribution in [0.1, 0.15) is 53.8 Å². The van der Waals surface area contributed by atoms with Crippen LogP contribution in [-0.2, 0) is 23.9 Å². The molecule has 1 saturated heterocycles. The lowest BCUT2D eigenvalue weighted by atomic mass is 10.00. The highest BCUT2D eigenvalue weighted by Crippen LogP contribution is 2.45. The number of piperazine rings is 1. The second-order valence-corrected chi connectivity index (χ2v) is 13.4. The summed E-state index contributed by atoms with van der Waals surface area (Å²) in [6, 6.07) is 5.54. The van der Waals surface area contributed by atoms with Crippen molar-refractivity contribution in [3.63, 3.8) is 0 Å². The Hall–Kier alpha value is -4.96. The normalized spacial score (nSPS) is 20.5. The molecule has 1 aliphatic heterocycles. The highest BCUT2D eigenvalue weighted by atomic mass is 35.5. The first kappa shape index (κ1) is 34.5. The summed E-state index contributed by atoms with van der Waals surface area (Å²) in [5.41, 5.74) is 0.0870. The number of aliphatic hydroxyl groups is 1. The van der Waals surface area contributed by atoms with E-state index in [9.17, 15) is 37.8 Å². The molecule has 4 aromatic rings. The van der Waals surface area contributed by atoms with Crippen molar-refractivity contribution in [3.8, 4) is 5.75 Å². The molecule has 51 heavy (non-hydrogen) atoms.